The summed E-state index contributed by atoms with van der Waals surface area (Å²) in [6.45, 7) is -3.29. The van der Waals surface area contributed by atoms with Crippen molar-refractivity contribution in [1.29, 1.82) is 0 Å². The number of ether oxygens (including phenoxy) is 2. The standard InChI is InChI=1S/C20H23ClNO6P/c1-26-29(21,25)13-12-18(19(23)27-14-16-8-4-2-5-9-16)22-20(24)28-15-17-10-6-3-7-11-17/h2-11,18H,12-15H2,1H3,(H,22,24)/t18-,29?/m1/s1. The molecular weight excluding hydrogens is 417 g/mol. The second-order valence-electron chi connectivity index (χ2n) is 6.14. The van der Waals surface area contributed by atoms with Crippen LogP contribution in [0.4, 0.5) is 4.79 Å². The minimum atomic E-state index is -3.38. The van der Waals surface area contributed by atoms with Crippen molar-refractivity contribution in [2.24, 2.45) is 0 Å². The Kier molecular flexibility index (Phi) is 9.19. The molecule has 1 N–H and O–H groups in total. The molecule has 0 aromatic heterocycles. The highest BCUT2D eigenvalue weighted by Crippen LogP contribution is 2.52. The van der Waals surface area contributed by atoms with E-state index >= 15 is 0 Å². The zero-order valence-electron chi connectivity index (χ0n) is 16.0. The van der Waals surface area contributed by atoms with Crippen LogP contribution in [0.25, 0.3) is 0 Å². The fourth-order valence-electron chi connectivity index (χ4n) is 2.36. The maximum absolute atomic E-state index is 12.5. The molecule has 0 fully saturated rings. The van der Waals surface area contributed by atoms with Gasteiger partial charge in [0.25, 0.3) is 6.72 Å². The molecule has 0 heterocycles. The lowest BCUT2D eigenvalue weighted by Gasteiger charge is -2.18. The molecule has 2 aromatic carbocycles. The molecule has 0 spiro atoms. The van der Waals surface area contributed by atoms with Crippen LogP contribution in [0, 0.1) is 0 Å². The van der Waals surface area contributed by atoms with Crippen LogP contribution in [-0.2, 0) is 36.6 Å². The normalized spacial score (nSPS) is 13.7. The third-order valence-electron chi connectivity index (χ3n) is 3.97. The summed E-state index contributed by atoms with van der Waals surface area (Å²) in [4.78, 5) is 24.6. The Hall–Kier alpha value is -2.34. The van der Waals surface area contributed by atoms with Gasteiger partial charge >= 0.3 is 12.1 Å². The number of rotatable bonds is 10. The number of carbonyl (C=O) groups excluding carboxylic acids is 2. The summed E-state index contributed by atoms with van der Waals surface area (Å²) in [5.41, 5.74) is 1.60. The maximum Gasteiger partial charge on any atom is 0.408 e. The predicted molar refractivity (Wildman–Crippen MR) is 110 cm³/mol. The highest BCUT2D eigenvalue weighted by Gasteiger charge is 2.27. The van der Waals surface area contributed by atoms with E-state index in [2.05, 4.69) is 5.32 Å². The van der Waals surface area contributed by atoms with E-state index in [9.17, 15) is 14.2 Å². The molecule has 0 aliphatic rings. The summed E-state index contributed by atoms with van der Waals surface area (Å²) in [5.74, 6) is -0.682. The Morgan fingerprint density at radius 3 is 2.00 bits per heavy atom. The minimum Gasteiger partial charge on any atom is -0.459 e. The maximum atomic E-state index is 12.5. The number of carbonyl (C=O) groups is 2. The van der Waals surface area contributed by atoms with E-state index < -0.39 is 24.8 Å². The molecule has 156 valence electrons. The van der Waals surface area contributed by atoms with Gasteiger partial charge in [0.2, 0.25) is 0 Å². The average molecular weight is 440 g/mol. The molecule has 7 nitrogen and oxygen atoms in total. The molecule has 0 saturated carbocycles. The number of amides is 1. The van der Waals surface area contributed by atoms with Gasteiger partial charge in [-0.1, -0.05) is 60.7 Å². The molecule has 0 saturated heterocycles. The Morgan fingerprint density at radius 2 is 1.48 bits per heavy atom. The highest BCUT2D eigenvalue weighted by atomic mass is 35.7. The van der Waals surface area contributed by atoms with Crippen molar-refractivity contribution in [3.8, 4) is 0 Å². The molecule has 9 heteroatoms. The van der Waals surface area contributed by atoms with Crippen molar-refractivity contribution in [3.05, 3.63) is 71.8 Å². The third-order valence-corrected chi connectivity index (χ3v) is 6.23. The number of hydrogen-bond acceptors (Lipinski definition) is 6. The van der Waals surface area contributed by atoms with Crippen molar-refractivity contribution < 1.29 is 28.2 Å². The zero-order valence-corrected chi connectivity index (χ0v) is 17.6. The molecule has 1 unspecified atom stereocenters. The van der Waals surface area contributed by atoms with E-state index in [4.69, 9.17) is 25.2 Å². The number of benzene rings is 2. The van der Waals surface area contributed by atoms with E-state index in [0.717, 1.165) is 11.1 Å². The van der Waals surface area contributed by atoms with Gasteiger partial charge in [0, 0.05) is 13.3 Å². The quantitative estimate of drug-likeness (QED) is 0.433. The number of hydrogen-bond donors (Lipinski definition) is 1. The second-order valence-corrected chi connectivity index (χ2v) is 9.68. The lowest BCUT2D eigenvalue weighted by Crippen LogP contribution is -2.42. The smallest absolute Gasteiger partial charge is 0.408 e. The molecule has 2 aromatic rings. The second kappa shape index (κ2) is 11.6. The molecule has 0 bridgehead atoms. The summed E-state index contributed by atoms with van der Waals surface area (Å²) in [7, 11) is 1.22. The van der Waals surface area contributed by atoms with Gasteiger partial charge in [0.1, 0.15) is 19.3 Å². The van der Waals surface area contributed by atoms with Crippen molar-refractivity contribution in [2.75, 3.05) is 13.3 Å². The van der Waals surface area contributed by atoms with E-state index in [-0.39, 0.29) is 25.8 Å². The molecule has 29 heavy (non-hydrogen) atoms. The lowest BCUT2D eigenvalue weighted by molar-refractivity contribution is -0.147. The van der Waals surface area contributed by atoms with Crippen LogP contribution in [0.5, 0.6) is 0 Å². The van der Waals surface area contributed by atoms with E-state index in [1.165, 1.54) is 7.11 Å². The van der Waals surface area contributed by atoms with Crippen LogP contribution in [0.1, 0.15) is 17.5 Å². The summed E-state index contributed by atoms with van der Waals surface area (Å²) in [6, 6.07) is 17.1. The van der Waals surface area contributed by atoms with Gasteiger partial charge in [-0.3, -0.25) is 4.57 Å². The van der Waals surface area contributed by atoms with Gasteiger partial charge in [0.05, 0.1) is 0 Å². The summed E-state index contributed by atoms with van der Waals surface area (Å²) in [5, 5.41) is 2.45. The van der Waals surface area contributed by atoms with Crippen LogP contribution in [0.3, 0.4) is 0 Å². The largest absolute Gasteiger partial charge is 0.459 e. The minimum absolute atomic E-state index is 0.0251. The Bertz CT molecular complexity index is 833. The first-order chi connectivity index (χ1) is 13.9. The Morgan fingerprint density at radius 1 is 0.966 bits per heavy atom. The Balaban J connectivity index is 1.94. The summed E-state index contributed by atoms with van der Waals surface area (Å²) < 4.78 is 27.1. The van der Waals surface area contributed by atoms with Gasteiger partial charge in [0.15, 0.2) is 0 Å². The fourth-order valence-corrected chi connectivity index (χ4v) is 3.40. The van der Waals surface area contributed by atoms with Crippen molar-refractivity contribution in [1.82, 2.24) is 5.32 Å². The molecule has 0 aliphatic carbocycles. The van der Waals surface area contributed by atoms with Gasteiger partial charge in [-0.05, 0) is 28.8 Å². The monoisotopic (exact) mass is 439 g/mol. The van der Waals surface area contributed by atoms with E-state index in [1.54, 1.807) is 12.1 Å². The van der Waals surface area contributed by atoms with Gasteiger partial charge < -0.3 is 19.3 Å². The van der Waals surface area contributed by atoms with Gasteiger partial charge in [-0.2, -0.15) is 0 Å². The van der Waals surface area contributed by atoms with Crippen molar-refractivity contribution >= 4 is 30.0 Å². The first-order valence-corrected chi connectivity index (χ1v) is 11.6. The lowest BCUT2D eigenvalue weighted by atomic mass is 10.2. The highest BCUT2D eigenvalue weighted by molar-refractivity contribution is 7.85. The van der Waals surface area contributed by atoms with Crippen LogP contribution in [-0.4, -0.2) is 31.4 Å². The molecule has 0 aliphatic heterocycles. The van der Waals surface area contributed by atoms with E-state index in [0.29, 0.717) is 0 Å². The Labute approximate surface area is 174 Å². The molecule has 2 rings (SSSR count). The number of alkyl carbamates (subject to hydrolysis) is 1. The van der Waals surface area contributed by atoms with Crippen LogP contribution >= 0.6 is 18.0 Å². The fraction of sp³-hybridized carbons (Fsp3) is 0.300. The topological polar surface area (TPSA) is 90.9 Å². The van der Waals surface area contributed by atoms with E-state index in [1.807, 2.05) is 48.5 Å². The third kappa shape index (κ3) is 8.69. The number of halogens is 1. The number of esters is 1. The molecule has 2 atom stereocenters. The summed E-state index contributed by atoms with van der Waals surface area (Å²) >= 11 is 5.76. The van der Waals surface area contributed by atoms with Crippen LogP contribution in [0.15, 0.2) is 60.7 Å². The van der Waals surface area contributed by atoms with Gasteiger partial charge in [-0.15, -0.1) is 0 Å². The molecule has 1 amide bonds. The predicted octanol–water partition coefficient (Wildman–Crippen LogP) is 4.49. The molecule has 0 radical (unpaired) electrons. The first kappa shape index (κ1) is 22.9. The first-order valence-electron chi connectivity index (χ1n) is 8.92. The average Bonchev–Trinajstić information content (AvgIpc) is 2.75. The zero-order chi connectivity index (χ0) is 21.1. The SMILES string of the molecule is COP(=O)(Cl)CC[C@@H](NC(=O)OCc1ccccc1)C(=O)OCc1ccccc1. The molecular formula is C20H23ClNO6P. The van der Waals surface area contributed by atoms with Crippen LogP contribution in [0.2, 0.25) is 0 Å². The number of nitrogens with one attached hydrogen (secondary N) is 1. The summed E-state index contributed by atoms with van der Waals surface area (Å²) in [6.07, 6.45) is -0.935. The van der Waals surface area contributed by atoms with Crippen LogP contribution < -0.4 is 5.32 Å². The van der Waals surface area contributed by atoms with Crippen molar-refractivity contribution in [2.45, 2.75) is 25.7 Å². The van der Waals surface area contributed by atoms with Crippen molar-refractivity contribution in [3.63, 3.8) is 0 Å². The van der Waals surface area contributed by atoms with Gasteiger partial charge in [-0.25, -0.2) is 9.59 Å².